The van der Waals surface area contributed by atoms with Crippen LogP contribution in [-0.4, -0.2) is 31.1 Å². The van der Waals surface area contributed by atoms with Crippen LogP contribution < -0.4 is 5.32 Å². The molecular formula is C15H23Cl2N3. The molecule has 1 saturated heterocycles. The number of benzene rings is 1. The molecule has 20 heavy (non-hydrogen) atoms. The van der Waals surface area contributed by atoms with E-state index in [1.54, 1.807) is 0 Å². The summed E-state index contributed by atoms with van der Waals surface area (Å²) < 4.78 is 0. The summed E-state index contributed by atoms with van der Waals surface area (Å²) in [6.07, 6.45) is 2.33. The maximum atomic E-state index is 9.01. The van der Waals surface area contributed by atoms with E-state index in [1.807, 2.05) is 18.2 Å². The van der Waals surface area contributed by atoms with Gasteiger partial charge in [0.25, 0.3) is 0 Å². The van der Waals surface area contributed by atoms with Gasteiger partial charge in [0.15, 0.2) is 0 Å². The first-order valence-electron chi connectivity index (χ1n) is 6.80. The van der Waals surface area contributed by atoms with E-state index in [-0.39, 0.29) is 24.8 Å². The molecule has 1 aromatic carbocycles. The molecule has 3 nitrogen and oxygen atoms in total. The van der Waals surface area contributed by atoms with Crippen LogP contribution in [0.25, 0.3) is 0 Å². The third kappa shape index (κ3) is 4.96. The number of nitrogens with one attached hydrogen (secondary N) is 1. The molecule has 112 valence electrons. The van der Waals surface area contributed by atoms with Crippen LogP contribution in [0.2, 0.25) is 0 Å². The lowest BCUT2D eigenvalue weighted by molar-refractivity contribution is 0.164. The van der Waals surface area contributed by atoms with Gasteiger partial charge in [-0.15, -0.1) is 24.8 Å². The Hall–Kier alpha value is -0.790. The maximum absolute atomic E-state index is 9.01. The van der Waals surface area contributed by atoms with Crippen molar-refractivity contribution in [1.29, 1.82) is 5.26 Å². The molecule has 0 saturated carbocycles. The van der Waals surface area contributed by atoms with Crippen molar-refractivity contribution in [3.63, 3.8) is 0 Å². The molecule has 1 aromatic rings. The van der Waals surface area contributed by atoms with Gasteiger partial charge in [-0.1, -0.05) is 25.5 Å². The molecule has 0 spiro atoms. The summed E-state index contributed by atoms with van der Waals surface area (Å²) in [4.78, 5) is 2.54. The molecule has 0 radical (unpaired) electrons. The molecular weight excluding hydrogens is 293 g/mol. The largest absolute Gasteiger partial charge is 0.314 e. The van der Waals surface area contributed by atoms with Crippen molar-refractivity contribution in [2.24, 2.45) is 0 Å². The second-order valence-electron chi connectivity index (χ2n) is 4.83. The molecule has 0 unspecified atom stereocenters. The SMILES string of the molecule is CCC[C@@H](c1cccc(C#N)c1)N1CCNCC1.Cl.Cl. The third-order valence-corrected chi connectivity index (χ3v) is 3.55. The van der Waals surface area contributed by atoms with E-state index in [9.17, 15) is 0 Å². The van der Waals surface area contributed by atoms with Gasteiger partial charge in [-0.05, 0) is 24.1 Å². The summed E-state index contributed by atoms with van der Waals surface area (Å²) in [7, 11) is 0. The van der Waals surface area contributed by atoms with Crippen LogP contribution in [0.3, 0.4) is 0 Å². The Morgan fingerprint density at radius 1 is 1.30 bits per heavy atom. The van der Waals surface area contributed by atoms with Gasteiger partial charge in [-0.2, -0.15) is 5.26 Å². The minimum atomic E-state index is 0. The zero-order chi connectivity index (χ0) is 12.8. The van der Waals surface area contributed by atoms with Gasteiger partial charge in [-0.25, -0.2) is 0 Å². The standard InChI is InChI=1S/C15H21N3.2ClH/c1-2-4-15(18-9-7-17-8-10-18)14-6-3-5-13(11-14)12-16;;/h3,5-6,11,15,17H,2,4,7-10H2,1H3;2*1H/t15-;;/m0../s1. The van der Waals surface area contributed by atoms with Gasteiger partial charge in [0, 0.05) is 32.2 Å². The number of rotatable bonds is 4. The molecule has 0 aliphatic carbocycles. The Morgan fingerprint density at radius 2 is 2.00 bits per heavy atom. The highest BCUT2D eigenvalue weighted by molar-refractivity contribution is 5.85. The Kier molecular flexibility index (Phi) is 9.62. The summed E-state index contributed by atoms with van der Waals surface area (Å²) in [6.45, 7) is 6.56. The van der Waals surface area contributed by atoms with E-state index in [0.717, 1.165) is 38.2 Å². The van der Waals surface area contributed by atoms with Gasteiger partial charge in [0.1, 0.15) is 0 Å². The van der Waals surface area contributed by atoms with Crippen LogP contribution in [0, 0.1) is 11.3 Å². The van der Waals surface area contributed by atoms with Crippen LogP contribution in [0.4, 0.5) is 0 Å². The molecule has 1 heterocycles. The van der Waals surface area contributed by atoms with Crippen molar-refractivity contribution < 1.29 is 0 Å². The predicted molar refractivity (Wildman–Crippen MR) is 87.7 cm³/mol. The van der Waals surface area contributed by atoms with E-state index in [1.165, 1.54) is 12.0 Å². The first-order valence-corrected chi connectivity index (χ1v) is 6.80. The minimum Gasteiger partial charge on any atom is -0.314 e. The highest BCUT2D eigenvalue weighted by Gasteiger charge is 2.21. The number of piperazine rings is 1. The second kappa shape index (κ2) is 10.0. The number of nitrogens with zero attached hydrogens (tertiary/aromatic N) is 2. The normalized spacial score (nSPS) is 16.4. The van der Waals surface area contributed by atoms with Crippen molar-refractivity contribution in [2.45, 2.75) is 25.8 Å². The van der Waals surface area contributed by atoms with Crippen molar-refractivity contribution >= 4 is 24.8 Å². The fraction of sp³-hybridized carbons (Fsp3) is 0.533. The van der Waals surface area contributed by atoms with Crippen LogP contribution in [0.1, 0.15) is 36.9 Å². The monoisotopic (exact) mass is 315 g/mol. The van der Waals surface area contributed by atoms with Gasteiger partial charge in [0.05, 0.1) is 11.6 Å². The van der Waals surface area contributed by atoms with Gasteiger partial charge < -0.3 is 5.32 Å². The number of nitriles is 1. The lowest BCUT2D eigenvalue weighted by atomic mass is 9.98. The van der Waals surface area contributed by atoms with Crippen LogP contribution >= 0.6 is 24.8 Å². The Morgan fingerprint density at radius 3 is 2.60 bits per heavy atom. The summed E-state index contributed by atoms with van der Waals surface area (Å²) in [5, 5.41) is 12.4. The molecule has 1 aliphatic rings. The molecule has 1 aliphatic heterocycles. The van der Waals surface area contributed by atoms with Gasteiger partial charge >= 0.3 is 0 Å². The van der Waals surface area contributed by atoms with Crippen molar-refractivity contribution in [3.8, 4) is 6.07 Å². The van der Waals surface area contributed by atoms with E-state index in [4.69, 9.17) is 5.26 Å². The van der Waals surface area contributed by atoms with E-state index >= 15 is 0 Å². The van der Waals surface area contributed by atoms with Gasteiger partial charge in [-0.3, -0.25) is 4.90 Å². The van der Waals surface area contributed by atoms with Crippen molar-refractivity contribution in [3.05, 3.63) is 35.4 Å². The highest BCUT2D eigenvalue weighted by Crippen LogP contribution is 2.26. The number of hydrogen-bond acceptors (Lipinski definition) is 3. The second-order valence-corrected chi connectivity index (χ2v) is 4.83. The average Bonchev–Trinajstić information content (AvgIpc) is 2.46. The maximum Gasteiger partial charge on any atom is 0.0991 e. The lowest BCUT2D eigenvalue weighted by Gasteiger charge is -2.35. The highest BCUT2D eigenvalue weighted by atomic mass is 35.5. The Bertz CT molecular complexity index is 425. The first-order chi connectivity index (χ1) is 8.85. The number of hydrogen-bond donors (Lipinski definition) is 1. The zero-order valence-electron chi connectivity index (χ0n) is 11.8. The molecule has 0 amide bonds. The van der Waals surface area contributed by atoms with E-state index in [2.05, 4.69) is 29.3 Å². The smallest absolute Gasteiger partial charge is 0.0991 e. The Labute approximate surface area is 134 Å². The lowest BCUT2D eigenvalue weighted by Crippen LogP contribution is -2.45. The average molecular weight is 316 g/mol. The van der Waals surface area contributed by atoms with Crippen molar-refractivity contribution in [1.82, 2.24) is 10.2 Å². The summed E-state index contributed by atoms with van der Waals surface area (Å²) in [5.74, 6) is 0. The number of halogens is 2. The fourth-order valence-electron chi connectivity index (χ4n) is 2.64. The molecule has 1 atom stereocenters. The molecule has 0 bridgehead atoms. The van der Waals surface area contributed by atoms with Crippen LogP contribution in [0.5, 0.6) is 0 Å². The van der Waals surface area contributed by atoms with Crippen molar-refractivity contribution in [2.75, 3.05) is 26.2 Å². The summed E-state index contributed by atoms with van der Waals surface area (Å²) in [5.41, 5.74) is 2.06. The third-order valence-electron chi connectivity index (χ3n) is 3.55. The molecule has 1 N–H and O–H groups in total. The first kappa shape index (κ1) is 19.2. The predicted octanol–water partition coefficient (Wildman–Crippen LogP) is 3.15. The minimum absolute atomic E-state index is 0. The zero-order valence-corrected chi connectivity index (χ0v) is 13.5. The van der Waals surface area contributed by atoms with E-state index < -0.39 is 0 Å². The molecule has 5 heteroatoms. The molecule has 2 rings (SSSR count). The Balaban J connectivity index is 0.00000180. The summed E-state index contributed by atoms with van der Waals surface area (Å²) >= 11 is 0. The quantitative estimate of drug-likeness (QED) is 0.927. The van der Waals surface area contributed by atoms with Gasteiger partial charge in [0.2, 0.25) is 0 Å². The molecule has 0 aromatic heterocycles. The van der Waals surface area contributed by atoms with Crippen LogP contribution in [0.15, 0.2) is 24.3 Å². The fourth-order valence-corrected chi connectivity index (χ4v) is 2.64. The molecule has 1 fully saturated rings. The van der Waals surface area contributed by atoms with Crippen LogP contribution in [-0.2, 0) is 0 Å². The van der Waals surface area contributed by atoms with E-state index in [0.29, 0.717) is 6.04 Å². The summed E-state index contributed by atoms with van der Waals surface area (Å²) in [6, 6.07) is 10.8. The topological polar surface area (TPSA) is 39.1 Å².